The normalized spacial score (nSPS) is 18.0. The molecule has 1 amide bonds. The third kappa shape index (κ3) is 3.75. The molecule has 2 heterocycles. The Bertz CT molecular complexity index is 702. The van der Waals surface area contributed by atoms with Crippen LogP contribution in [-0.2, 0) is 4.79 Å². The van der Waals surface area contributed by atoms with Crippen molar-refractivity contribution in [1.82, 2.24) is 4.90 Å². The van der Waals surface area contributed by atoms with Crippen molar-refractivity contribution in [3.63, 3.8) is 0 Å². The number of nitrogens with one attached hydrogen (secondary N) is 1. The van der Waals surface area contributed by atoms with Gasteiger partial charge in [-0.1, -0.05) is 12.1 Å². The molecule has 0 radical (unpaired) electrons. The summed E-state index contributed by atoms with van der Waals surface area (Å²) in [6, 6.07) is 10.4. The van der Waals surface area contributed by atoms with Crippen LogP contribution in [0.3, 0.4) is 0 Å². The van der Waals surface area contributed by atoms with Crippen molar-refractivity contribution < 1.29 is 9.72 Å². The fraction of sp³-hybridized carbons (Fsp3) is 0.312. The molecule has 0 spiro atoms. The minimum atomic E-state index is -0.469. The van der Waals surface area contributed by atoms with Crippen molar-refractivity contribution in [2.45, 2.75) is 18.9 Å². The lowest BCUT2D eigenvalue weighted by atomic mass is 10.2. The van der Waals surface area contributed by atoms with Gasteiger partial charge in [0, 0.05) is 28.7 Å². The van der Waals surface area contributed by atoms with Crippen molar-refractivity contribution in [1.29, 1.82) is 0 Å². The summed E-state index contributed by atoms with van der Waals surface area (Å²) in [7, 11) is 0. The molecule has 1 N–H and O–H groups in total. The Kier molecular flexibility index (Phi) is 4.68. The average molecular weight is 331 g/mol. The van der Waals surface area contributed by atoms with Crippen LogP contribution in [-0.4, -0.2) is 28.8 Å². The largest absolute Gasteiger partial charge is 0.325 e. The van der Waals surface area contributed by atoms with E-state index < -0.39 is 4.92 Å². The highest BCUT2D eigenvalue weighted by Gasteiger charge is 2.28. The molecule has 1 atom stereocenters. The molecule has 0 aliphatic carbocycles. The fourth-order valence-corrected chi connectivity index (χ4v) is 3.80. The Balaban J connectivity index is 1.63. The van der Waals surface area contributed by atoms with E-state index in [0.29, 0.717) is 18.3 Å². The summed E-state index contributed by atoms with van der Waals surface area (Å²) in [5, 5.41) is 15.6. The maximum atomic E-state index is 12.2. The van der Waals surface area contributed by atoms with Crippen LogP contribution in [0.5, 0.6) is 0 Å². The van der Waals surface area contributed by atoms with Crippen LogP contribution in [0.2, 0.25) is 0 Å². The Morgan fingerprint density at radius 3 is 3.00 bits per heavy atom. The van der Waals surface area contributed by atoms with E-state index in [2.05, 4.69) is 21.7 Å². The molecule has 1 saturated heterocycles. The molecular formula is C16H17N3O3S. The lowest BCUT2D eigenvalue weighted by Crippen LogP contribution is -2.32. The molecule has 1 aromatic heterocycles. The summed E-state index contributed by atoms with van der Waals surface area (Å²) in [5.74, 6) is -0.144. The van der Waals surface area contributed by atoms with Crippen LogP contribution in [0.25, 0.3) is 0 Å². The summed E-state index contributed by atoms with van der Waals surface area (Å²) in [6.45, 7) is 1.19. The minimum Gasteiger partial charge on any atom is -0.325 e. The summed E-state index contributed by atoms with van der Waals surface area (Å²) in [4.78, 5) is 26.0. The number of likely N-dealkylation sites (tertiary alicyclic amines) is 1. The van der Waals surface area contributed by atoms with Crippen LogP contribution in [0.1, 0.15) is 23.8 Å². The monoisotopic (exact) mass is 331 g/mol. The molecule has 0 unspecified atom stereocenters. The topological polar surface area (TPSA) is 75.5 Å². The number of nitro benzene ring substituents is 1. The van der Waals surface area contributed by atoms with E-state index in [-0.39, 0.29) is 11.6 Å². The zero-order chi connectivity index (χ0) is 16.2. The van der Waals surface area contributed by atoms with Crippen LogP contribution in [0.4, 0.5) is 11.4 Å². The molecule has 2 aromatic rings. The number of amides is 1. The number of anilines is 1. The number of non-ortho nitro benzene ring substituents is 1. The van der Waals surface area contributed by atoms with E-state index >= 15 is 0 Å². The SMILES string of the molecule is O=C(CN1CCC[C@H]1c1cccs1)Nc1cccc([N+](=O)[O-])c1. The number of benzene rings is 1. The van der Waals surface area contributed by atoms with Crippen molar-refractivity contribution in [3.8, 4) is 0 Å². The molecule has 1 fully saturated rings. The van der Waals surface area contributed by atoms with Gasteiger partial charge in [-0.15, -0.1) is 11.3 Å². The van der Waals surface area contributed by atoms with Gasteiger partial charge in [0.1, 0.15) is 0 Å². The van der Waals surface area contributed by atoms with Crippen LogP contribution in [0, 0.1) is 10.1 Å². The molecule has 7 heteroatoms. The predicted molar refractivity (Wildman–Crippen MR) is 89.6 cm³/mol. The second kappa shape index (κ2) is 6.89. The number of nitrogens with zero attached hydrogens (tertiary/aromatic N) is 2. The van der Waals surface area contributed by atoms with Crippen molar-refractivity contribution >= 4 is 28.6 Å². The molecule has 6 nitrogen and oxygen atoms in total. The van der Waals surface area contributed by atoms with E-state index in [4.69, 9.17) is 0 Å². The zero-order valence-electron chi connectivity index (χ0n) is 12.5. The first-order valence-electron chi connectivity index (χ1n) is 7.45. The van der Waals surface area contributed by atoms with Crippen LogP contribution >= 0.6 is 11.3 Å². The molecular weight excluding hydrogens is 314 g/mol. The van der Waals surface area contributed by atoms with Gasteiger partial charge in [-0.05, 0) is 36.9 Å². The molecule has 120 valence electrons. The predicted octanol–water partition coefficient (Wildman–Crippen LogP) is 3.43. The van der Waals surface area contributed by atoms with Gasteiger partial charge >= 0.3 is 0 Å². The quantitative estimate of drug-likeness (QED) is 0.673. The van der Waals surface area contributed by atoms with Gasteiger partial charge in [-0.25, -0.2) is 0 Å². The Morgan fingerprint density at radius 1 is 1.39 bits per heavy atom. The summed E-state index contributed by atoms with van der Waals surface area (Å²) in [6.07, 6.45) is 2.14. The first-order chi connectivity index (χ1) is 11.1. The smallest absolute Gasteiger partial charge is 0.271 e. The number of carbonyl (C=O) groups excluding carboxylic acids is 1. The number of nitro groups is 1. The Hall–Kier alpha value is -2.25. The first kappa shape index (κ1) is 15.6. The summed E-state index contributed by atoms with van der Waals surface area (Å²) in [5.41, 5.74) is 0.427. The highest BCUT2D eigenvalue weighted by molar-refractivity contribution is 7.10. The van der Waals surface area contributed by atoms with Gasteiger partial charge in [0.25, 0.3) is 5.69 Å². The van der Waals surface area contributed by atoms with Gasteiger partial charge in [-0.3, -0.25) is 19.8 Å². The van der Waals surface area contributed by atoms with Gasteiger partial charge < -0.3 is 5.32 Å². The van der Waals surface area contributed by atoms with E-state index in [1.165, 1.54) is 17.0 Å². The molecule has 1 aliphatic heterocycles. The van der Waals surface area contributed by atoms with Crippen LogP contribution < -0.4 is 5.32 Å². The summed E-state index contributed by atoms with van der Waals surface area (Å²) < 4.78 is 0. The molecule has 23 heavy (non-hydrogen) atoms. The average Bonchev–Trinajstić information content (AvgIpc) is 3.18. The number of hydrogen-bond acceptors (Lipinski definition) is 5. The third-order valence-corrected chi connectivity index (χ3v) is 4.90. The van der Waals surface area contributed by atoms with E-state index in [0.717, 1.165) is 19.4 Å². The molecule has 1 aliphatic rings. The highest BCUT2D eigenvalue weighted by Crippen LogP contribution is 2.34. The lowest BCUT2D eigenvalue weighted by molar-refractivity contribution is -0.384. The Morgan fingerprint density at radius 2 is 2.26 bits per heavy atom. The third-order valence-electron chi connectivity index (χ3n) is 3.92. The first-order valence-corrected chi connectivity index (χ1v) is 8.33. The molecule has 0 bridgehead atoms. The minimum absolute atomic E-state index is 0.0274. The second-order valence-corrected chi connectivity index (χ2v) is 6.48. The van der Waals surface area contributed by atoms with Gasteiger partial charge in [0.15, 0.2) is 0 Å². The maximum absolute atomic E-state index is 12.2. The van der Waals surface area contributed by atoms with Crippen molar-refractivity contribution in [2.24, 2.45) is 0 Å². The van der Waals surface area contributed by atoms with E-state index in [9.17, 15) is 14.9 Å². The number of thiophene rings is 1. The second-order valence-electron chi connectivity index (χ2n) is 5.50. The number of hydrogen-bond donors (Lipinski definition) is 1. The molecule has 3 rings (SSSR count). The zero-order valence-corrected chi connectivity index (χ0v) is 13.3. The van der Waals surface area contributed by atoms with Gasteiger partial charge in [-0.2, -0.15) is 0 Å². The van der Waals surface area contributed by atoms with E-state index in [1.54, 1.807) is 23.5 Å². The highest BCUT2D eigenvalue weighted by atomic mass is 32.1. The maximum Gasteiger partial charge on any atom is 0.271 e. The number of carbonyl (C=O) groups is 1. The van der Waals surface area contributed by atoms with Gasteiger partial charge in [0.05, 0.1) is 11.5 Å². The molecule has 0 saturated carbocycles. The molecule has 1 aromatic carbocycles. The van der Waals surface area contributed by atoms with E-state index in [1.807, 2.05) is 6.07 Å². The van der Waals surface area contributed by atoms with Crippen molar-refractivity contribution in [2.75, 3.05) is 18.4 Å². The standard InChI is InChI=1S/C16H17N3O3S/c20-16(17-12-4-1-5-13(10-12)19(21)22)11-18-8-2-6-14(18)15-7-3-9-23-15/h1,3-5,7,9-10,14H,2,6,8,11H2,(H,17,20)/t14-/m0/s1. The lowest BCUT2D eigenvalue weighted by Gasteiger charge is -2.22. The van der Waals surface area contributed by atoms with Crippen molar-refractivity contribution in [3.05, 3.63) is 56.8 Å². The van der Waals surface area contributed by atoms with Crippen LogP contribution in [0.15, 0.2) is 41.8 Å². The Labute approximate surface area is 137 Å². The number of rotatable bonds is 5. The van der Waals surface area contributed by atoms with Gasteiger partial charge in [0.2, 0.25) is 5.91 Å². The fourth-order valence-electron chi connectivity index (χ4n) is 2.90. The summed E-state index contributed by atoms with van der Waals surface area (Å²) >= 11 is 1.71.